The van der Waals surface area contributed by atoms with Gasteiger partial charge in [-0.05, 0) is 12.1 Å². The SMILES string of the molecule is COS(=O)(=O)c1cc([NH+]([O-])O)ccc1C#Cc1ccc([NH+]([O-])O)cc1S(=O)(=O)OC. The molecule has 2 unspecified atom stereocenters. The van der Waals surface area contributed by atoms with E-state index < -0.39 is 40.5 Å². The molecule has 0 radical (unpaired) electrons. The summed E-state index contributed by atoms with van der Waals surface area (Å²) in [6.45, 7) is 0. The molecule has 14 heteroatoms. The van der Waals surface area contributed by atoms with Crippen LogP contribution in [0, 0.1) is 22.3 Å². The van der Waals surface area contributed by atoms with Gasteiger partial charge in [-0.1, -0.05) is 11.8 Å². The van der Waals surface area contributed by atoms with Gasteiger partial charge in [-0.25, -0.2) is 10.4 Å². The van der Waals surface area contributed by atoms with Crippen LogP contribution in [0.4, 0.5) is 11.4 Å². The standard InChI is InChI=1S/C16H16N2O10S2/c1-27-29(23,24)15-9-13(17(19)20)7-5-11(15)3-4-12-6-8-14(18(21)22)10-16(12)30(25,26)28-2/h5-10,17-19,21H,1-2H3. The lowest BCUT2D eigenvalue weighted by atomic mass is 10.1. The molecule has 0 aliphatic carbocycles. The molecular formula is C16H16N2O10S2. The summed E-state index contributed by atoms with van der Waals surface area (Å²) in [5.74, 6) is 4.90. The molecule has 0 heterocycles. The quantitative estimate of drug-likeness (QED) is 0.226. The Morgan fingerprint density at radius 1 is 0.767 bits per heavy atom. The number of rotatable bonds is 6. The van der Waals surface area contributed by atoms with E-state index in [0.29, 0.717) is 0 Å². The Morgan fingerprint density at radius 3 is 1.37 bits per heavy atom. The molecule has 2 rings (SSSR count). The summed E-state index contributed by atoms with van der Waals surface area (Å²) in [5.41, 5.74) is -0.982. The molecule has 0 fully saturated rings. The van der Waals surface area contributed by atoms with Crippen LogP contribution in [0.25, 0.3) is 0 Å². The highest BCUT2D eigenvalue weighted by Gasteiger charge is 2.22. The van der Waals surface area contributed by atoms with Crippen LogP contribution in [0.1, 0.15) is 11.1 Å². The van der Waals surface area contributed by atoms with Crippen molar-refractivity contribution in [3.63, 3.8) is 0 Å². The van der Waals surface area contributed by atoms with E-state index in [9.17, 15) is 27.3 Å². The first-order valence-electron chi connectivity index (χ1n) is 7.81. The molecule has 0 aliphatic rings. The maximum atomic E-state index is 12.1. The van der Waals surface area contributed by atoms with Gasteiger partial charge in [-0.15, -0.1) is 0 Å². The van der Waals surface area contributed by atoms with Gasteiger partial charge in [0.1, 0.15) is 9.79 Å². The van der Waals surface area contributed by atoms with Crippen LogP contribution < -0.4 is 10.5 Å². The average Bonchev–Trinajstić information content (AvgIpc) is 2.71. The number of hydrogen-bond acceptors (Lipinski definition) is 10. The van der Waals surface area contributed by atoms with Crippen molar-refractivity contribution >= 4 is 31.6 Å². The van der Waals surface area contributed by atoms with Crippen LogP contribution in [0.15, 0.2) is 46.2 Å². The van der Waals surface area contributed by atoms with Crippen LogP contribution in [-0.4, -0.2) is 41.5 Å². The summed E-state index contributed by atoms with van der Waals surface area (Å²) >= 11 is 0. The predicted molar refractivity (Wildman–Crippen MR) is 98.8 cm³/mol. The van der Waals surface area contributed by atoms with Gasteiger partial charge < -0.3 is 10.4 Å². The monoisotopic (exact) mass is 460 g/mol. The van der Waals surface area contributed by atoms with Crippen LogP contribution in [0.5, 0.6) is 0 Å². The first-order chi connectivity index (χ1) is 13.9. The lowest BCUT2D eigenvalue weighted by Crippen LogP contribution is -2.99. The minimum absolute atomic E-state index is 0.162. The molecule has 162 valence electrons. The number of nitrogens with one attached hydrogen (secondary N) is 2. The first-order valence-corrected chi connectivity index (χ1v) is 10.6. The second-order valence-corrected chi connectivity index (χ2v) is 8.89. The van der Waals surface area contributed by atoms with Crippen LogP contribution in [0.3, 0.4) is 0 Å². The van der Waals surface area contributed by atoms with E-state index >= 15 is 0 Å². The van der Waals surface area contributed by atoms with Gasteiger partial charge in [0.2, 0.25) is 0 Å². The summed E-state index contributed by atoms with van der Waals surface area (Å²) in [7, 11) is -6.91. The zero-order valence-corrected chi connectivity index (χ0v) is 17.1. The van der Waals surface area contributed by atoms with Gasteiger partial charge >= 0.3 is 0 Å². The molecule has 12 nitrogen and oxygen atoms in total. The Hall–Kier alpha value is -2.42. The zero-order valence-electron chi connectivity index (χ0n) is 15.4. The van der Waals surface area contributed by atoms with Crippen molar-refractivity contribution in [3.8, 4) is 11.8 Å². The molecule has 0 saturated carbocycles. The number of quaternary nitrogens is 2. The normalized spacial score (nSPS) is 13.9. The molecule has 0 aliphatic heterocycles. The highest BCUT2D eigenvalue weighted by Crippen LogP contribution is 2.22. The molecular weight excluding hydrogens is 444 g/mol. The fraction of sp³-hybridized carbons (Fsp3) is 0.125. The van der Waals surface area contributed by atoms with Crippen molar-refractivity contribution in [2.45, 2.75) is 9.79 Å². The van der Waals surface area contributed by atoms with Crippen molar-refractivity contribution in [1.82, 2.24) is 0 Å². The second-order valence-electron chi connectivity index (χ2n) is 5.52. The summed E-state index contributed by atoms with van der Waals surface area (Å²) in [5, 5.41) is 37.7. The topological polar surface area (TPSA) is 182 Å². The lowest BCUT2D eigenvalue weighted by molar-refractivity contribution is -0.991. The second kappa shape index (κ2) is 9.16. The van der Waals surface area contributed by atoms with Crippen LogP contribution in [-0.2, 0) is 28.6 Å². The minimum Gasteiger partial charge on any atom is -0.595 e. The lowest BCUT2D eigenvalue weighted by Gasteiger charge is -2.14. The van der Waals surface area contributed by atoms with Gasteiger partial charge in [0, 0.05) is 35.4 Å². The number of benzene rings is 2. The summed E-state index contributed by atoms with van der Waals surface area (Å²) in [6, 6.07) is 6.18. The van der Waals surface area contributed by atoms with E-state index in [2.05, 4.69) is 20.2 Å². The van der Waals surface area contributed by atoms with Gasteiger partial charge in [-0.2, -0.15) is 27.3 Å². The number of hydrogen-bond donors (Lipinski definition) is 4. The van der Waals surface area contributed by atoms with E-state index in [1.54, 1.807) is 0 Å². The Morgan fingerprint density at radius 2 is 1.10 bits per heavy atom. The predicted octanol–water partition coefficient (Wildman–Crippen LogP) is -1.44. The van der Waals surface area contributed by atoms with Crippen molar-refractivity contribution in [2.75, 3.05) is 14.2 Å². The molecule has 4 N–H and O–H groups in total. The average molecular weight is 460 g/mol. The summed E-state index contributed by atoms with van der Waals surface area (Å²) in [6.07, 6.45) is 0. The molecule has 2 atom stereocenters. The van der Waals surface area contributed by atoms with Crippen LogP contribution in [0.2, 0.25) is 0 Å². The molecule has 30 heavy (non-hydrogen) atoms. The highest BCUT2D eigenvalue weighted by atomic mass is 32.2. The largest absolute Gasteiger partial charge is 0.595 e. The molecule has 0 saturated heterocycles. The third-order valence-corrected chi connectivity index (χ3v) is 6.40. The fourth-order valence-electron chi connectivity index (χ4n) is 2.25. The van der Waals surface area contributed by atoms with Crippen molar-refractivity contribution < 1.29 is 46.1 Å². The van der Waals surface area contributed by atoms with Gasteiger partial charge in [-0.3, -0.25) is 8.37 Å². The third-order valence-electron chi connectivity index (χ3n) is 3.77. The first kappa shape index (κ1) is 23.9. The fourth-order valence-corrected chi connectivity index (χ4v) is 3.92. The smallest absolute Gasteiger partial charge is 0.298 e. The van der Waals surface area contributed by atoms with Gasteiger partial charge in [0.25, 0.3) is 20.2 Å². The molecule has 0 aromatic heterocycles. The Balaban J connectivity index is 2.71. The molecule has 0 bridgehead atoms. The molecule has 0 spiro atoms. The van der Waals surface area contributed by atoms with Gasteiger partial charge in [0.15, 0.2) is 11.4 Å². The van der Waals surface area contributed by atoms with Crippen molar-refractivity contribution in [1.29, 1.82) is 0 Å². The van der Waals surface area contributed by atoms with Gasteiger partial charge in [0.05, 0.1) is 14.2 Å². The Kier molecular flexibility index (Phi) is 7.28. The van der Waals surface area contributed by atoms with E-state index in [1.807, 2.05) is 0 Å². The summed E-state index contributed by atoms with van der Waals surface area (Å²) < 4.78 is 57.4. The Labute approximate surface area is 171 Å². The van der Waals surface area contributed by atoms with Crippen LogP contribution >= 0.6 is 0 Å². The maximum absolute atomic E-state index is 12.1. The van der Waals surface area contributed by atoms with E-state index in [0.717, 1.165) is 50.6 Å². The molecule has 0 amide bonds. The van der Waals surface area contributed by atoms with E-state index in [-0.39, 0.29) is 22.5 Å². The van der Waals surface area contributed by atoms with E-state index in [1.165, 1.54) is 0 Å². The summed E-state index contributed by atoms with van der Waals surface area (Å²) in [4.78, 5) is -1.06. The Bertz CT molecular complexity index is 1120. The zero-order chi connectivity index (χ0) is 22.7. The minimum atomic E-state index is -4.34. The van der Waals surface area contributed by atoms with Crippen molar-refractivity contribution in [2.24, 2.45) is 0 Å². The molecule has 2 aromatic rings. The van der Waals surface area contributed by atoms with E-state index in [4.69, 9.17) is 10.4 Å². The third kappa shape index (κ3) is 5.19. The molecule has 2 aromatic carbocycles. The van der Waals surface area contributed by atoms with Crippen molar-refractivity contribution in [3.05, 3.63) is 57.9 Å². The maximum Gasteiger partial charge on any atom is 0.298 e. The highest BCUT2D eigenvalue weighted by molar-refractivity contribution is 7.87.